The number of hydrogen-bond acceptors (Lipinski definition) is 2. The van der Waals surface area contributed by atoms with Gasteiger partial charge in [-0.25, -0.2) is 0 Å². The van der Waals surface area contributed by atoms with Gasteiger partial charge in [-0.15, -0.1) is 0 Å². The Morgan fingerprint density at radius 2 is 1.77 bits per heavy atom. The van der Waals surface area contributed by atoms with Crippen LogP contribution in [0.15, 0.2) is 18.2 Å². The Hall–Kier alpha value is -1.02. The summed E-state index contributed by atoms with van der Waals surface area (Å²) < 4.78 is 0. The molecule has 0 aliphatic carbocycles. The standard InChI is InChI=1S/C11H15NO/c1-8(2)12-6-9-4-3-5-10(7-12)11(9)13/h3-5,8,13H,6-7H2,1-2H3. The SMILES string of the molecule is CC(C)N1Cc2cccc(c2O)C1. The van der Waals surface area contributed by atoms with Crippen molar-refractivity contribution < 1.29 is 5.11 Å². The first-order valence-electron chi connectivity index (χ1n) is 4.72. The molecular formula is C11H15NO. The first kappa shape index (κ1) is 8.57. The quantitative estimate of drug-likeness (QED) is 0.710. The molecule has 1 heterocycles. The molecular weight excluding hydrogens is 162 g/mol. The summed E-state index contributed by atoms with van der Waals surface area (Å²) in [5.41, 5.74) is 2.11. The second kappa shape index (κ2) is 3.04. The molecule has 0 fully saturated rings. The third-order valence-corrected chi connectivity index (χ3v) is 2.68. The van der Waals surface area contributed by atoms with Crippen LogP contribution in [0.4, 0.5) is 0 Å². The molecule has 0 saturated carbocycles. The zero-order valence-electron chi connectivity index (χ0n) is 8.12. The molecule has 2 heteroatoms. The number of rotatable bonds is 1. The summed E-state index contributed by atoms with van der Waals surface area (Å²) in [5.74, 6) is 0.499. The molecule has 1 aliphatic rings. The van der Waals surface area contributed by atoms with Crippen LogP contribution in [0.5, 0.6) is 5.75 Å². The highest BCUT2D eigenvalue weighted by Crippen LogP contribution is 2.30. The first-order valence-corrected chi connectivity index (χ1v) is 4.72. The fraction of sp³-hybridized carbons (Fsp3) is 0.455. The van der Waals surface area contributed by atoms with Crippen molar-refractivity contribution in [2.24, 2.45) is 0 Å². The summed E-state index contributed by atoms with van der Waals surface area (Å²) in [5, 5.41) is 9.72. The Morgan fingerprint density at radius 3 is 2.23 bits per heavy atom. The van der Waals surface area contributed by atoms with Crippen LogP contribution >= 0.6 is 0 Å². The van der Waals surface area contributed by atoms with Gasteiger partial charge in [0.25, 0.3) is 0 Å². The number of hydrogen-bond donors (Lipinski definition) is 1. The third kappa shape index (κ3) is 1.42. The average molecular weight is 177 g/mol. The number of aromatic hydroxyl groups is 1. The van der Waals surface area contributed by atoms with Crippen molar-refractivity contribution >= 4 is 0 Å². The van der Waals surface area contributed by atoms with Gasteiger partial charge in [0.15, 0.2) is 0 Å². The Labute approximate surface area is 78.8 Å². The van der Waals surface area contributed by atoms with Gasteiger partial charge in [-0.1, -0.05) is 18.2 Å². The van der Waals surface area contributed by atoms with E-state index in [-0.39, 0.29) is 0 Å². The maximum atomic E-state index is 9.72. The number of nitrogens with zero attached hydrogens (tertiary/aromatic N) is 1. The van der Waals surface area contributed by atoms with E-state index in [4.69, 9.17) is 0 Å². The van der Waals surface area contributed by atoms with Crippen molar-refractivity contribution in [2.45, 2.75) is 33.0 Å². The summed E-state index contributed by atoms with van der Waals surface area (Å²) in [6, 6.07) is 6.54. The van der Waals surface area contributed by atoms with Gasteiger partial charge in [0.2, 0.25) is 0 Å². The molecule has 0 aromatic heterocycles. The topological polar surface area (TPSA) is 23.5 Å². The van der Waals surface area contributed by atoms with E-state index in [1.54, 1.807) is 0 Å². The number of fused-ring (bicyclic) bond motifs is 2. The molecule has 1 aromatic rings. The molecule has 2 bridgehead atoms. The van der Waals surface area contributed by atoms with Crippen LogP contribution in [0.2, 0.25) is 0 Å². The molecule has 0 radical (unpaired) electrons. The van der Waals surface area contributed by atoms with Gasteiger partial charge in [-0.2, -0.15) is 0 Å². The van der Waals surface area contributed by atoms with E-state index in [1.807, 2.05) is 18.2 Å². The van der Waals surface area contributed by atoms with Gasteiger partial charge >= 0.3 is 0 Å². The molecule has 70 valence electrons. The fourth-order valence-electron chi connectivity index (χ4n) is 1.76. The van der Waals surface area contributed by atoms with Crippen molar-refractivity contribution in [3.63, 3.8) is 0 Å². The predicted octanol–water partition coefficient (Wildman–Crippen LogP) is 2.12. The van der Waals surface area contributed by atoms with Gasteiger partial charge in [0, 0.05) is 30.3 Å². The smallest absolute Gasteiger partial charge is 0.124 e. The summed E-state index contributed by atoms with van der Waals surface area (Å²) >= 11 is 0. The van der Waals surface area contributed by atoms with Crippen LogP contribution in [-0.4, -0.2) is 16.0 Å². The van der Waals surface area contributed by atoms with Gasteiger partial charge in [0.05, 0.1) is 0 Å². The maximum Gasteiger partial charge on any atom is 0.124 e. The second-order valence-electron chi connectivity index (χ2n) is 3.92. The van der Waals surface area contributed by atoms with Crippen LogP contribution in [0.25, 0.3) is 0 Å². The van der Waals surface area contributed by atoms with Crippen LogP contribution in [0.3, 0.4) is 0 Å². The molecule has 2 nitrogen and oxygen atoms in total. The molecule has 0 unspecified atom stereocenters. The predicted molar refractivity (Wildman–Crippen MR) is 52.5 cm³/mol. The zero-order valence-corrected chi connectivity index (χ0v) is 8.12. The Morgan fingerprint density at radius 1 is 1.23 bits per heavy atom. The summed E-state index contributed by atoms with van der Waals surface area (Å²) in [4.78, 5) is 2.35. The highest BCUT2D eigenvalue weighted by molar-refractivity contribution is 5.42. The largest absolute Gasteiger partial charge is 0.507 e. The molecule has 1 aliphatic heterocycles. The molecule has 1 aromatic carbocycles. The van der Waals surface area contributed by atoms with E-state index in [2.05, 4.69) is 18.7 Å². The van der Waals surface area contributed by atoms with Gasteiger partial charge in [0.1, 0.15) is 5.75 Å². The van der Waals surface area contributed by atoms with Crippen LogP contribution < -0.4 is 0 Å². The van der Waals surface area contributed by atoms with E-state index >= 15 is 0 Å². The first-order chi connectivity index (χ1) is 6.18. The van der Waals surface area contributed by atoms with E-state index in [9.17, 15) is 5.11 Å². The lowest BCUT2D eigenvalue weighted by molar-refractivity contribution is 0.188. The van der Waals surface area contributed by atoms with E-state index in [0.717, 1.165) is 24.2 Å². The van der Waals surface area contributed by atoms with Crippen molar-refractivity contribution in [3.05, 3.63) is 29.3 Å². The van der Waals surface area contributed by atoms with Crippen LogP contribution in [0, 0.1) is 0 Å². The van der Waals surface area contributed by atoms with E-state index in [0.29, 0.717) is 11.8 Å². The Balaban J connectivity index is 2.33. The molecule has 2 rings (SSSR count). The van der Waals surface area contributed by atoms with E-state index in [1.165, 1.54) is 0 Å². The lowest BCUT2D eigenvalue weighted by Gasteiger charge is -2.31. The normalized spacial score (nSPS) is 16.5. The summed E-state index contributed by atoms with van der Waals surface area (Å²) in [6.45, 7) is 6.11. The number of phenols is 1. The molecule has 0 atom stereocenters. The van der Waals surface area contributed by atoms with Gasteiger partial charge < -0.3 is 5.11 Å². The Kier molecular flexibility index (Phi) is 2.00. The number of phenolic OH excluding ortho intramolecular Hbond substituents is 1. The second-order valence-corrected chi connectivity index (χ2v) is 3.92. The molecule has 1 N–H and O–H groups in total. The minimum absolute atomic E-state index is 0.499. The van der Waals surface area contributed by atoms with Crippen molar-refractivity contribution in [3.8, 4) is 5.75 Å². The van der Waals surface area contributed by atoms with Crippen molar-refractivity contribution in [1.82, 2.24) is 4.90 Å². The van der Waals surface area contributed by atoms with E-state index < -0.39 is 0 Å². The summed E-state index contributed by atoms with van der Waals surface area (Å²) in [6.07, 6.45) is 0. The number of para-hydroxylation sites is 1. The van der Waals surface area contributed by atoms with Crippen molar-refractivity contribution in [2.75, 3.05) is 0 Å². The van der Waals surface area contributed by atoms with Crippen LogP contribution in [-0.2, 0) is 13.1 Å². The highest BCUT2D eigenvalue weighted by atomic mass is 16.3. The zero-order chi connectivity index (χ0) is 9.42. The third-order valence-electron chi connectivity index (χ3n) is 2.68. The highest BCUT2D eigenvalue weighted by Gasteiger charge is 2.20. The maximum absolute atomic E-state index is 9.72. The molecule has 0 spiro atoms. The molecule has 13 heavy (non-hydrogen) atoms. The lowest BCUT2D eigenvalue weighted by Crippen LogP contribution is -2.32. The fourth-order valence-corrected chi connectivity index (χ4v) is 1.76. The van der Waals surface area contributed by atoms with Crippen LogP contribution in [0.1, 0.15) is 25.0 Å². The molecule has 0 amide bonds. The van der Waals surface area contributed by atoms with Gasteiger partial charge in [-0.05, 0) is 13.8 Å². The minimum Gasteiger partial charge on any atom is -0.507 e. The Bertz CT molecular complexity index is 296. The monoisotopic (exact) mass is 177 g/mol. The molecule has 0 saturated heterocycles. The lowest BCUT2D eigenvalue weighted by atomic mass is 10.0. The minimum atomic E-state index is 0.499. The van der Waals surface area contributed by atoms with Crippen molar-refractivity contribution in [1.29, 1.82) is 0 Å². The number of benzene rings is 1. The summed E-state index contributed by atoms with van der Waals surface area (Å²) in [7, 11) is 0. The van der Waals surface area contributed by atoms with Gasteiger partial charge in [-0.3, -0.25) is 4.90 Å². The average Bonchev–Trinajstić information content (AvgIpc) is 2.02.